The van der Waals surface area contributed by atoms with Crippen LogP contribution in [-0.4, -0.2) is 73.1 Å². The minimum Gasteiger partial charge on any atom is -0.379 e. The highest BCUT2D eigenvalue weighted by atomic mass is 32.2. The molecule has 1 aromatic heterocycles. The van der Waals surface area contributed by atoms with E-state index in [9.17, 15) is 13.2 Å². The molecule has 0 unspecified atom stereocenters. The molecule has 166 valence electrons. The minimum absolute atomic E-state index is 0.144. The van der Waals surface area contributed by atoms with E-state index in [0.29, 0.717) is 43.6 Å². The molecule has 3 fully saturated rings. The van der Waals surface area contributed by atoms with Crippen LogP contribution in [0.25, 0.3) is 11.4 Å². The van der Waals surface area contributed by atoms with Gasteiger partial charge >= 0.3 is 0 Å². The topological polar surface area (TPSA) is 106 Å². The molecular weight excluding hydrogens is 420 g/mol. The molecule has 10 heteroatoms. The van der Waals surface area contributed by atoms with Crippen LogP contribution in [0.2, 0.25) is 0 Å². The zero-order chi connectivity index (χ0) is 21.4. The Bertz CT molecular complexity index is 1030. The molecule has 3 heterocycles. The number of sulfonamides is 1. The van der Waals surface area contributed by atoms with Crippen LogP contribution in [-0.2, 0) is 19.6 Å². The number of aromatic nitrogens is 2. The highest BCUT2D eigenvalue weighted by molar-refractivity contribution is 7.89. The molecule has 2 aliphatic heterocycles. The first-order valence-electron chi connectivity index (χ1n) is 10.8. The van der Waals surface area contributed by atoms with Crippen LogP contribution in [0.4, 0.5) is 0 Å². The molecule has 2 aromatic rings. The zero-order valence-corrected chi connectivity index (χ0v) is 18.1. The fraction of sp³-hybridized carbons (Fsp3) is 0.571. The second-order valence-electron chi connectivity index (χ2n) is 8.37. The van der Waals surface area contributed by atoms with Crippen molar-refractivity contribution < 1.29 is 22.5 Å². The Kier molecular flexibility index (Phi) is 5.53. The molecule has 9 nitrogen and oxygen atoms in total. The lowest BCUT2D eigenvalue weighted by Crippen LogP contribution is -2.40. The summed E-state index contributed by atoms with van der Waals surface area (Å²) in [6.07, 6.45) is 3.68. The van der Waals surface area contributed by atoms with Crippen molar-refractivity contribution in [3.05, 3.63) is 30.2 Å². The Morgan fingerprint density at radius 3 is 2.29 bits per heavy atom. The monoisotopic (exact) mass is 446 g/mol. The third-order valence-electron chi connectivity index (χ3n) is 6.24. The summed E-state index contributed by atoms with van der Waals surface area (Å²) < 4.78 is 37.7. The van der Waals surface area contributed by atoms with Crippen LogP contribution >= 0.6 is 0 Å². The normalized spacial score (nSPS) is 21.4. The van der Waals surface area contributed by atoms with Gasteiger partial charge in [-0.05, 0) is 49.9 Å². The van der Waals surface area contributed by atoms with Crippen LogP contribution in [0.5, 0.6) is 0 Å². The largest absolute Gasteiger partial charge is 0.379 e. The number of morpholine rings is 1. The Morgan fingerprint density at radius 1 is 0.968 bits per heavy atom. The van der Waals surface area contributed by atoms with E-state index in [2.05, 4.69) is 10.1 Å². The molecule has 0 spiro atoms. The van der Waals surface area contributed by atoms with Gasteiger partial charge in [0.25, 0.3) is 0 Å². The maximum absolute atomic E-state index is 12.8. The van der Waals surface area contributed by atoms with Gasteiger partial charge in [0.05, 0.1) is 18.1 Å². The second kappa shape index (κ2) is 8.33. The van der Waals surface area contributed by atoms with Crippen LogP contribution < -0.4 is 0 Å². The predicted molar refractivity (Wildman–Crippen MR) is 111 cm³/mol. The first-order valence-corrected chi connectivity index (χ1v) is 12.3. The summed E-state index contributed by atoms with van der Waals surface area (Å²) >= 11 is 0. The number of hydrogen-bond donors (Lipinski definition) is 0. The van der Waals surface area contributed by atoms with Crippen molar-refractivity contribution in [1.82, 2.24) is 19.3 Å². The molecule has 3 aliphatic rings. The molecular formula is C21H26N4O5S. The van der Waals surface area contributed by atoms with E-state index in [1.807, 2.05) is 4.90 Å². The summed E-state index contributed by atoms with van der Waals surface area (Å²) in [6, 6.07) is 6.58. The van der Waals surface area contributed by atoms with Gasteiger partial charge in [0.15, 0.2) is 0 Å². The average Bonchev–Trinajstić information content (AvgIpc) is 3.55. The predicted octanol–water partition coefficient (Wildman–Crippen LogP) is 1.87. The van der Waals surface area contributed by atoms with Crippen molar-refractivity contribution in [2.75, 3.05) is 39.4 Å². The summed E-state index contributed by atoms with van der Waals surface area (Å²) in [7, 11) is -3.53. The van der Waals surface area contributed by atoms with Gasteiger partial charge in [-0.15, -0.1) is 0 Å². The first-order chi connectivity index (χ1) is 15.0. The second-order valence-corrected chi connectivity index (χ2v) is 10.3. The van der Waals surface area contributed by atoms with Gasteiger partial charge in [-0.1, -0.05) is 5.16 Å². The third-order valence-corrected chi connectivity index (χ3v) is 8.16. The van der Waals surface area contributed by atoms with Gasteiger partial charge in [-0.2, -0.15) is 9.29 Å². The number of ether oxygens (including phenoxy) is 1. The highest BCUT2D eigenvalue weighted by Crippen LogP contribution is 2.34. The average molecular weight is 447 g/mol. The lowest BCUT2D eigenvalue weighted by molar-refractivity contribution is -0.133. The van der Waals surface area contributed by atoms with E-state index in [1.165, 1.54) is 4.31 Å². The highest BCUT2D eigenvalue weighted by Gasteiger charge is 2.36. The number of nitrogens with zero attached hydrogens (tertiary/aromatic N) is 4. The van der Waals surface area contributed by atoms with Gasteiger partial charge in [0, 0.05) is 43.6 Å². The molecule has 1 saturated carbocycles. The van der Waals surface area contributed by atoms with E-state index in [4.69, 9.17) is 9.26 Å². The third kappa shape index (κ3) is 4.24. The Labute approximate surface area is 181 Å². The smallest absolute Gasteiger partial charge is 0.243 e. The number of piperidine rings is 1. The van der Waals surface area contributed by atoms with Crippen LogP contribution in [0.3, 0.4) is 0 Å². The van der Waals surface area contributed by atoms with Crippen molar-refractivity contribution >= 4 is 15.9 Å². The molecule has 0 N–H and O–H groups in total. The molecule has 1 amide bonds. The van der Waals surface area contributed by atoms with E-state index in [1.54, 1.807) is 24.3 Å². The maximum atomic E-state index is 12.8. The number of benzene rings is 1. The standard InChI is InChI=1S/C21H26N4O5S/c26-21(17-1-2-17)24-9-7-16(8-10-24)20-22-19(23-30-20)15-3-5-18(6-4-15)31(27,28)25-11-13-29-14-12-25/h3-6,16-17H,1-2,7-14H2. The number of hydrogen-bond acceptors (Lipinski definition) is 7. The summed E-state index contributed by atoms with van der Waals surface area (Å²) in [5, 5.41) is 4.09. The van der Waals surface area contributed by atoms with Gasteiger partial charge in [-0.25, -0.2) is 8.42 Å². The summed E-state index contributed by atoms with van der Waals surface area (Å²) in [4.78, 5) is 19.0. The van der Waals surface area contributed by atoms with Crippen LogP contribution in [0.1, 0.15) is 37.5 Å². The van der Waals surface area contributed by atoms with Crippen LogP contribution in [0, 0.1) is 5.92 Å². The Hall–Kier alpha value is -2.30. The van der Waals surface area contributed by atoms with Crippen molar-refractivity contribution in [3.8, 4) is 11.4 Å². The van der Waals surface area contributed by atoms with Gasteiger partial charge in [0.1, 0.15) is 0 Å². The summed E-state index contributed by atoms with van der Waals surface area (Å²) in [6.45, 7) is 3.01. The minimum atomic E-state index is -3.53. The van der Waals surface area contributed by atoms with E-state index < -0.39 is 10.0 Å². The van der Waals surface area contributed by atoms with E-state index >= 15 is 0 Å². The zero-order valence-electron chi connectivity index (χ0n) is 17.3. The molecule has 0 bridgehead atoms. The van der Waals surface area contributed by atoms with Crippen LogP contribution in [0.15, 0.2) is 33.7 Å². The van der Waals surface area contributed by atoms with E-state index in [0.717, 1.165) is 38.8 Å². The lowest BCUT2D eigenvalue weighted by atomic mass is 9.96. The van der Waals surface area contributed by atoms with E-state index in [-0.39, 0.29) is 22.6 Å². The van der Waals surface area contributed by atoms with Gasteiger partial charge in [-0.3, -0.25) is 4.79 Å². The maximum Gasteiger partial charge on any atom is 0.243 e. The molecule has 1 aliphatic carbocycles. The fourth-order valence-electron chi connectivity index (χ4n) is 4.17. The van der Waals surface area contributed by atoms with Gasteiger partial charge in [0.2, 0.25) is 27.6 Å². The molecule has 0 radical (unpaired) electrons. The van der Waals surface area contributed by atoms with Crippen molar-refractivity contribution in [2.24, 2.45) is 5.92 Å². The Balaban J connectivity index is 1.24. The first kappa shape index (κ1) is 20.6. The quantitative estimate of drug-likeness (QED) is 0.690. The number of rotatable bonds is 5. The SMILES string of the molecule is O=C(C1CC1)N1CCC(c2nc(-c3ccc(S(=O)(=O)N4CCOCC4)cc3)no2)CC1. The molecule has 31 heavy (non-hydrogen) atoms. The number of carbonyl (C=O) groups excluding carboxylic acids is 1. The number of likely N-dealkylation sites (tertiary alicyclic amines) is 1. The van der Waals surface area contributed by atoms with Crippen molar-refractivity contribution in [1.29, 1.82) is 0 Å². The number of carbonyl (C=O) groups is 1. The number of amides is 1. The fourth-order valence-corrected chi connectivity index (χ4v) is 5.57. The molecule has 0 atom stereocenters. The summed E-state index contributed by atoms with van der Waals surface area (Å²) in [5.41, 5.74) is 0.706. The van der Waals surface area contributed by atoms with Crippen molar-refractivity contribution in [3.63, 3.8) is 0 Å². The Morgan fingerprint density at radius 2 is 1.65 bits per heavy atom. The lowest BCUT2D eigenvalue weighted by Gasteiger charge is -2.30. The summed E-state index contributed by atoms with van der Waals surface area (Å²) in [5.74, 6) is 1.71. The van der Waals surface area contributed by atoms with Crippen molar-refractivity contribution in [2.45, 2.75) is 36.5 Å². The van der Waals surface area contributed by atoms with Gasteiger partial charge < -0.3 is 14.2 Å². The molecule has 1 aromatic carbocycles. The molecule has 2 saturated heterocycles. The molecule has 5 rings (SSSR count).